The molecule has 0 amide bonds. The van der Waals surface area contributed by atoms with Crippen LogP contribution in [-0.4, -0.2) is 51.5 Å². The van der Waals surface area contributed by atoms with Gasteiger partial charge in [-0.15, -0.1) is 0 Å². The van der Waals surface area contributed by atoms with Gasteiger partial charge in [0.25, 0.3) is 0 Å². The number of nitrogens with one attached hydrogen (secondary N) is 1. The van der Waals surface area contributed by atoms with Crippen molar-refractivity contribution < 1.29 is 4.74 Å². The Morgan fingerprint density at radius 3 is 2.90 bits per heavy atom. The summed E-state index contributed by atoms with van der Waals surface area (Å²) in [6.45, 7) is 3.36. The second-order valence-electron chi connectivity index (χ2n) is 4.86. The molecule has 1 unspecified atom stereocenters. The summed E-state index contributed by atoms with van der Waals surface area (Å²) in [5.74, 6) is 6.80. The van der Waals surface area contributed by atoms with Crippen LogP contribution in [-0.2, 0) is 18.3 Å². The largest absolute Gasteiger partial charge is 0.383 e. The Balaban J connectivity index is 2.28. The minimum absolute atomic E-state index is 0.278. The molecular weight excluding hydrogens is 258 g/mol. The Hall–Kier alpha value is -1.77. The number of hydrazine groups is 1. The average molecular weight is 279 g/mol. The number of nitrogen functional groups attached to an aromatic ring is 1. The number of methoxy groups -OCH3 is 1. The van der Waals surface area contributed by atoms with E-state index in [0.717, 1.165) is 11.0 Å². The Labute approximate surface area is 117 Å². The van der Waals surface area contributed by atoms with Crippen LogP contribution in [0.25, 0.3) is 11.0 Å². The van der Waals surface area contributed by atoms with Crippen LogP contribution in [0.15, 0.2) is 6.20 Å². The van der Waals surface area contributed by atoms with Crippen molar-refractivity contribution in [3.05, 3.63) is 12.0 Å². The first-order chi connectivity index (χ1) is 9.56. The zero-order valence-corrected chi connectivity index (χ0v) is 12.3. The highest BCUT2D eigenvalue weighted by atomic mass is 16.5. The number of anilines is 1. The Bertz CT molecular complexity index is 582. The highest BCUT2D eigenvalue weighted by molar-refractivity contribution is 5.86. The number of ether oxygens (including phenoxy) is 1. The molecule has 0 aromatic carbocycles. The molecule has 2 heterocycles. The second kappa shape index (κ2) is 6.12. The van der Waals surface area contributed by atoms with Gasteiger partial charge in [-0.2, -0.15) is 5.10 Å². The molecule has 0 bridgehead atoms. The van der Waals surface area contributed by atoms with Crippen LogP contribution >= 0.6 is 0 Å². The molecular formula is C12H21N7O. The monoisotopic (exact) mass is 279 g/mol. The van der Waals surface area contributed by atoms with Crippen LogP contribution in [0, 0.1) is 0 Å². The number of hydrogen-bond donors (Lipinski definition) is 2. The highest BCUT2D eigenvalue weighted by Gasteiger charge is 2.14. The van der Waals surface area contributed by atoms with Crippen molar-refractivity contribution >= 4 is 16.9 Å². The molecule has 0 aliphatic rings. The number of aromatic nitrogens is 4. The molecule has 0 aliphatic heterocycles. The summed E-state index contributed by atoms with van der Waals surface area (Å²) < 4.78 is 6.86. The first-order valence-corrected chi connectivity index (χ1v) is 6.41. The summed E-state index contributed by atoms with van der Waals surface area (Å²) in [7, 11) is 5.55. The van der Waals surface area contributed by atoms with Crippen molar-refractivity contribution in [3.8, 4) is 0 Å². The highest BCUT2D eigenvalue weighted by Crippen LogP contribution is 2.19. The van der Waals surface area contributed by atoms with Gasteiger partial charge in [0.05, 0.1) is 24.7 Å². The van der Waals surface area contributed by atoms with Gasteiger partial charge in [-0.05, 0) is 14.0 Å². The molecule has 0 spiro atoms. The van der Waals surface area contributed by atoms with Crippen molar-refractivity contribution in [2.75, 3.05) is 26.2 Å². The minimum atomic E-state index is 0.278. The summed E-state index contributed by atoms with van der Waals surface area (Å²) in [6, 6.07) is 0.278. The van der Waals surface area contributed by atoms with E-state index in [0.29, 0.717) is 24.8 Å². The van der Waals surface area contributed by atoms with Crippen LogP contribution in [0.5, 0.6) is 0 Å². The zero-order chi connectivity index (χ0) is 14.7. The van der Waals surface area contributed by atoms with Crippen LogP contribution in [0.2, 0.25) is 0 Å². The second-order valence-corrected chi connectivity index (χ2v) is 4.86. The molecule has 1 atom stereocenters. The van der Waals surface area contributed by atoms with Gasteiger partial charge in [-0.3, -0.25) is 9.58 Å². The lowest BCUT2D eigenvalue weighted by Crippen LogP contribution is -2.33. The molecule has 0 aliphatic carbocycles. The fraction of sp³-hybridized carbons (Fsp3) is 0.583. The summed E-state index contributed by atoms with van der Waals surface area (Å²) in [6.07, 6.45) is 1.70. The van der Waals surface area contributed by atoms with Crippen molar-refractivity contribution in [1.82, 2.24) is 24.6 Å². The van der Waals surface area contributed by atoms with Gasteiger partial charge in [0.2, 0.25) is 0 Å². The minimum Gasteiger partial charge on any atom is -0.383 e. The molecule has 2 aromatic rings. The van der Waals surface area contributed by atoms with E-state index in [2.05, 4.69) is 32.3 Å². The summed E-state index contributed by atoms with van der Waals surface area (Å²) >= 11 is 0. The number of aryl methyl sites for hydroxylation is 1. The van der Waals surface area contributed by atoms with Crippen LogP contribution in [0.1, 0.15) is 12.7 Å². The predicted molar refractivity (Wildman–Crippen MR) is 76.9 cm³/mol. The first-order valence-electron chi connectivity index (χ1n) is 6.41. The average Bonchev–Trinajstić information content (AvgIpc) is 2.80. The zero-order valence-electron chi connectivity index (χ0n) is 12.3. The van der Waals surface area contributed by atoms with Crippen molar-refractivity contribution in [2.45, 2.75) is 19.5 Å². The maximum absolute atomic E-state index is 5.52. The SMILES string of the molecule is COCC(C)N(C)Cc1nc(NN)c2cnn(C)c2n1. The quantitative estimate of drug-likeness (QED) is 0.572. The van der Waals surface area contributed by atoms with Crippen molar-refractivity contribution in [3.63, 3.8) is 0 Å². The van der Waals surface area contributed by atoms with E-state index in [4.69, 9.17) is 10.6 Å². The van der Waals surface area contributed by atoms with Gasteiger partial charge in [0, 0.05) is 20.2 Å². The number of nitrogens with two attached hydrogens (primary N) is 1. The fourth-order valence-corrected chi connectivity index (χ4v) is 2.00. The smallest absolute Gasteiger partial charge is 0.163 e. The molecule has 3 N–H and O–H groups in total. The van der Waals surface area contributed by atoms with E-state index in [1.165, 1.54) is 0 Å². The lowest BCUT2D eigenvalue weighted by Gasteiger charge is -2.23. The lowest BCUT2D eigenvalue weighted by atomic mass is 10.3. The number of likely N-dealkylation sites (N-methyl/N-ethyl adjacent to an activating group) is 1. The number of fused-ring (bicyclic) bond motifs is 1. The summed E-state index contributed by atoms with van der Waals surface area (Å²) in [4.78, 5) is 11.1. The normalized spacial score (nSPS) is 13.1. The topological polar surface area (TPSA) is 94.1 Å². The third-order valence-electron chi connectivity index (χ3n) is 3.33. The molecule has 20 heavy (non-hydrogen) atoms. The van der Waals surface area contributed by atoms with E-state index in [9.17, 15) is 0 Å². The molecule has 8 nitrogen and oxygen atoms in total. The maximum Gasteiger partial charge on any atom is 0.163 e. The van der Waals surface area contributed by atoms with Crippen LogP contribution in [0.4, 0.5) is 5.82 Å². The molecule has 2 rings (SSSR count). The molecule has 0 fully saturated rings. The van der Waals surface area contributed by atoms with Crippen molar-refractivity contribution in [2.24, 2.45) is 12.9 Å². The van der Waals surface area contributed by atoms with Gasteiger partial charge in [0.15, 0.2) is 11.5 Å². The summed E-state index contributed by atoms with van der Waals surface area (Å²) in [5.41, 5.74) is 3.36. The van der Waals surface area contributed by atoms with Gasteiger partial charge in [0.1, 0.15) is 5.82 Å². The number of hydrogen-bond acceptors (Lipinski definition) is 7. The predicted octanol–water partition coefficient (Wildman–Crippen LogP) is 0.116. The Kier molecular flexibility index (Phi) is 4.48. The molecule has 0 saturated carbocycles. The van der Waals surface area contributed by atoms with Gasteiger partial charge >= 0.3 is 0 Å². The van der Waals surface area contributed by atoms with E-state index in [-0.39, 0.29) is 6.04 Å². The third kappa shape index (κ3) is 2.87. The molecule has 110 valence electrons. The Morgan fingerprint density at radius 2 is 2.25 bits per heavy atom. The van der Waals surface area contributed by atoms with E-state index in [1.807, 2.05) is 14.1 Å². The standard InChI is InChI=1S/C12H21N7O/c1-8(7-20-4)18(2)6-10-15-11(17-13)9-5-14-19(3)12(9)16-10/h5,8H,6-7,13H2,1-4H3,(H,15,16,17). The fourth-order valence-electron chi connectivity index (χ4n) is 2.00. The number of nitrogens with zero attached hydrogens (tertiary/aromatic N) is 5. The van der Waals surface area contributed by atoms with Crippen LogP contribution < -0.4 is 11.3 Å². The number of rotatable bonds is 6. The Morgan fingerprint density at radius 1 is 1.50 bits per heavy atom. The molecule has 0 radical (unpaired) electrons. The molecule has 0 saturated heterocycles. The lowest BCUT2D eigenvalue weighted by molar-refractivity contribution is 0.110. The van der Waals surface area contributed by atoms with Crippen molar-refractivity contribution in [1.29, 1.82) is 0 Å². The maximum atomic E-state index is 5.52. The van der Waals surface area contributed by atoms with Gasteiger partial charge in [-0.25, -0.2) is 15.8 Å². The summed E-state index contributed by atoms with van der Waals surface area (Å²) in [5, 5.41) is 4.99. The first kappa shape index (κ1) is 14.6. The van der Waals surface area contributed by atoms with Gasteiger partial charge in [-0.1, -0.05) is 0 Å². The van der Waals surface area contributed by atoms with Crippen LogP contribution in [0.3, 0.4) is 0 Å². The van der Waals surface area contributed by atoms with E-state index in [1.54, 1.807) is 18.0 Å². The molecule has 8 heteroatoms. The van der Waals surface area contributed by atoms with Gasteiger partial charge < -0.3 is 10.2 Å². The molecule has 2 aromatic heterocycles. The van der Waals surface area contributed by atoms with E-state index >= 15 is 0 Å². The third-order valence-corrected chi connectivity index (χ3v) is 3.33. The van der Waals surface area contributed by atoms with E-state index < -0.39 is 0 Å².